The zero-order chi connectivity index (χ0) is 16.6. The number of hydrogen-bond donors (Lipinski definition) is 0. The van der Waals surface area contributed by atoms with Gasteiger partial charge in [-0.15, -0.1) is 5.10 Å². The molecule has 0 amide bonds. The van der Waals surface area contributed by atoms with Crippen molar-refractivity contribution in [3.8, 4) is 11.5 Å². The molecule has 1 aromatic heterocycles. The van der Waals surface area contributed by atoms with Crippen LogP contribution in [0.25, 0.3) is 0 Å². The van der Waals surface area contributed by atoms with Crippen LogP contribution in [-0.2, 0) is 6.54 Å². The van der Waals surface area contributed by atoms with Crippen LogP contribution in [0, 0.1) is 0 Å². The summed E-state index contributed by atoms with van der Waals surface area (Å²) in [5.74, 6) is 2.40. The van der Waals surface area contributed by atoms with E-state index in [1.54, 1.807) is 23.6 Å². The van der Waals surface area contributed by atoms with E-state index in [0.29, 0.717) is 13.2 Å². The van der Waals surface area contributed by atoms with E-state index >= 15 is 0 Å². The minimum Gasteiger partial charge on any atom is -0.497 e. The Hall–Kier alpha value is -2.54. The summed E-state index contributed by atoms with van der Waals surface area (Å²) in [5.41, 5.74) is 1.17. The molecule has 0 spiro atoms. The first kappa shape index (κ1) is 16.3. The standard InChI is InChI=1S/C17H18N4O2S/c1-22-15-7-9-16(10-8-15)23-11-12-24-17-18-19-20-21(17)13-14-5-3-2-4-6-14/h2-10H,11-13H2,1H3. The molecule has 0 fully saturated rings. The molecule has 0 bridgehead atoms. The molecule has 0 aliphatic rings. The first-order chi connectivity index (χ1) is 11.8. The maximum Gasteiger partial charge on any atom is 0.209 e. The van der Waals surface area contributed by atoms with E-state index in [0.717, 1.165) is 22.4 Å². The number of nitrogens with zero attached hydrogens (tertiary/aromatic N) is 4. The van der Waals surface area contributed by atoms with Crippen LogP contribution in [-0.4, -0.2) is 39.7 Å². The summed E-state index contributed by atoms with van der Waals surface area (Å²) in [5, 5.41) is 12.7. The predicted octanol–water partition coefficient (Wildman–Crippen LogP) is 2.90. The molecule has 7 heteroatoms. The molecular formula is C17H18N4O2S. The average Bonchev–Trinajstić information content (AvgIpc) is 3.07. The zero-order valence-electron chi connectivity index (χ0n) is 13.3. The number of rotatable bonds is 8. The van der Waals surface area contributed by atoms with Crippen molar-refractivity contribution in [3.05, 3.63) is 60.2 Å². The number of hydrogen-bond acceptors (Lipinski definition) is 6. The molecule has 1 heterocycles. The van der Waals surface area contributed by atoms with Gasteiger partial charge in [0.2, 0.25) is 5.16 Å². The van der Waals surface area contributed by atoms with Crippen LogP contribution in [0.1, 0.15) is 5.56 Å². The fraction of sp³-hybridized carbons (Fsp3) is 0.235. The van der Waals surface area contributed by atoms with E-state index in [1.807, 2.05) is 42.5 Å². The lowest BCUT2D eigenvalue weighted by Crippen LogP contribution is -2.06. The number of benzene rings is 2. The summed E-state index contributed by atoms with van der Waals surface area (Å²) in [4.78, 5) is 0. The second-order valence-corrected chi connectivity index (χ2v) is 6.04. The second-order valence-electron chi connectivity index (χ2n) is 4.98. The van der Waals surface area contributed by atoms with Crippen molar-refractivity contribution in [2.75, 3.05) is 19.5 Å². The normalized spacial score (nSPS) is 10.5. The van der Waals surface area contributed by atoms with E-state index < -0.39 is 0 Å². The van der Waals surface area contributed by atoms with E-state index in [2.05, 4.69) is 27.7 Å². The van der Waals surface area contributed by atoms with Crippen molar-refractivity contribution in [1.82, 2.24) is 20.2 Å². The highest BCUT2D eigenvalue weighted by Crippen LogP contribution is 2.19. The predicted molar refractivity (Wildman–Crippen MR) is 92.6 cm³/mol. The molecule has 0 radical (unpaired) electrons. The summed E-state index contributed by atoms with van der Waals surface area (Å²) in [7, 11) is 1.64. The van der Waals surface area contributed by atoms with Crippen LogP contribution in [0.3, 0.4) is 0 Å². The minimum absolute atomic E-state index is 0.579. The number of tetrazole rings is 1. The minimum atomic E-state index is 0.579. The van der Waals surface area contributed by atoms with Gasteiger partial charge < -0.3 is 9.47 Å². The van der Waals surface area contributed by atoms with Crippen molar-refractivity contribution in [3.63, 3.8) is 0 Å². The Morgan fingerprint density at radius 1 is 1.00 bits per heavy atom. The summed E-state index contributed by atoms with van der Waals surface area (Å²) in [6.07, 6.45) is 0. The van der Waals surface area contributed by atoms with Gasteiger partial charge in [-0.25, -0.2) is 4.68 Å². The summed E-state index contributed by atoms with van der Waals surface area (Å²) in [6, 6.07) is 17.7. The fourth-order valence-corrected chi connectivity index (χ4v) is 2.81. The molecule has 124 valence electrons. The number of thioether (sulfide) groups is 1. The van der Waals surface area contributed by atoms with E-state index in [-0.39, 0.29) is 0 Å². The van der Waals surface area contributed by atoms with Gasteiger partial charge in [0.25, 0.3) is 0 Å². The van der Waals surface area contributed by atoms with Gasteiger partial charge in [-0.1, -0.05) is 42.1 Å². The van der Waals surface area contributed by atoms with Crippen molar-refractivity contribution in [2.45, 2.75) is 11.7 Å². The van der Waals surface area contributed by atoms with E-state index in [1.165, 1.54) is 5.56 Å². The molecule has 0 N–H and O–H groups in total. The van der Waals surface area contributed by atoms with Gasteiger partial charge in [0.1, 0.15) is 11.5 Å². The van der Waals surface area contributed by atoms with Crippen molar-refractivity contribution >= 4 is 11.8 Å². The molecule has 0 aliphatic carbocycles. The number of methoxy groups -OCH3 is 1. The topological polar surface area (TPSA) is 62.1 Å². The summed E-state index contributed by atoms with van der Waals surface area (Å²) in [6.45, 7) is 1.24. The van der Waals surface area contributed by atoms with Gasteiger partial charge in [-0.05, 0) is 40.3 Å². The third kappa shape index (κ3) is 4.48. The second kappa shape index (κ2) is 8.35. The van der Waals surface area contributed by atoms with Crippen LogP contribution >= 0.6 is 11.8 Å². The lowest BCUT2D eigenvalue weighted by molar-refractivity contribution is 0.342. The summed E-state index contributed by atoms with van der Waals surface area (Å²) < 4.78 is 12.6. The van der Waals surface area contributed by atoms with Gasteiger partial charge in [0.05, 0.1) is 20.3 Å². The SMILES string of the molecule is COc1ccc(OCCSc2nnnn2Cc2ccccc2)cc1. The Morgan fingerprint density at radius 3 is 2.50 bits per heavy atom. The quantitative estimate of drug-likeness (QED) is 0.463. The lowest BCUT2D eigenvalue weighted by atomic mass is 10.2. The lowest BCUT2D eigenvalue weighted by Gasteiger charge is -2.07. The molecule has 0 atom stereocenters. The molecule has 0 aliphatic heterocycles. The Kier molecular flexibility index (Phi) is 5.68. The molecule has 0 saturated carbocycles. The van der Waals surface area contributed by atoms with Gasteiger partial charge in [-0.2, -0.15) is 0 Å². The summed E-state index contributed by atoms with van der Waals surface area (Å²) >= 11 is 1.58. The Morgan fingerprint density at radius 2 is 1.75 bits per heavy atom. The first-order valence-electron chi connectivity index (χ1n) is 7.55. The van der Waals surface area contributed by atoms with Gasteiger partial charge in [-0.3, -0.25) is 0 Å². The monoisotopic (exact) mass is 342 g/mol. The fourth-order valence-electron chi connectivity index (χ4n) is 2.12. The van der Waals surface area contributed by atoms with Crippen molar-refractivity contribution < 1.29 is 9.47 Å². The molecule has 0 unspecified atom stereocenters. The Bertz CT molecular complexity index is 747. The highest BCUT2D eigenvalue weighted by Gasteiger charge is 2.07. The third-order valence-electron chi connectivity index (χ3n) is 3.32. The Balaban J connectivity index is 1.47. The van der Waals surface area contributed by atoms with Crippen LogP contribution in [0.2, 0.25) is 0 Å². The molecule has 2 aromatic carbocycles. The highest BCUT2D eigenvalue weighted by atomic mass is 32.2. The van der Waals surface area contributed by atoms with Gasteiger partial charge in [0.15, 0.2) is 0 Å². The number of aromatic nitrogens is 4. The molecule has 0 saturated heterocycles. The molecule has 3 rings (SSSR count). The molecule has 3 aromatic rings. The van der Waals surface area contributed by atoms with Crippen LogP contribution in [0.15, 0.2) is 59.8 Å². The van der Waals surface area contributed by atoms with E-state index in [9.17, 15) is 0 Å². The van der Waals surface area contributed by atoms with Crippen LogP contribution in [0.5, 0.6) is 11.5 Å². The molecule has 6 nitrogen and oxygen atoms in total. The Labute approximate surface area is 144 Å². The van der Waals surface area contributed by atoms with Crippen molar-refractivity contribution in [1.29, 1.82) is 0 Å². The van der Waals surface area contributed by atoms with E-state index in [4.69, 9.17) is 9.47 Å². The first-order valence-corrected chi connectivity index (χ1v) is 8.53. The largest absolute Gasteiger partial charge is 0.497 e. The van der Waals surface area contributed by atoms with Crippen LogP contribution in [0.4, 0.5) is 0 Å². The maximum atomic E-state index is 5.71. The maximum absolute atomic E-state index is 5.71. The molecular weight excluding hydrogens is 324 g/mol. The third-order valence-corrected chi connectivity index (χ3v) is 4.24. The average molecular weight is 342 g/mol. The van der Waals surface area contributed by atoms with Crippen molar-refractivity contribution in [2.24, 2.45) is 0 Å². The number of ether oxygens (including phenoxy) is 2. The highest BCUT2D eigenvalue weighted by molar-refractivity contribution is 7.99. The van der Waals surface area contributed by atoms with Crippen LogP contribution < -0.4 is 9.47 Å². The zero-order valence-corrected chi connectivity index (χ0v) is 14.1. The molecule has 24 heavy (non-hydrogen) atoms. The smallest absolute Gasteiger partial charge is 0.209 e. The van der Waals surface area contributed by atoms with Gasteiger partial charge in [0, 0.05) is 5.75 Å². The van der Waals surface area contributed by atoms with Gasteiger partial charge >= 0.3 is 0 Å².